The van der Waals surface area contributed by atoms with Crippen LogP contribution in [0.5, 0.6) is 0 Å². The van der Waals surface area contributed by atoms with Crippen LogP contribution in [0.4, 0.5) is 8.78 Å². The Bertz CT molecular complexity index is 1320. The predicted octanol–water partition coefficient (Wildman–Crippen LogP) is 4.85. The first-order valence-corrected chi connectivity index (χ1v) is 10.5. The van der Waals surface area contributed by atoms with Crippen molar-refractivity contribution >= 4 is 12.2 Å². The zero-order chi connectivity index (χ0) is 22.2. The maximum absolute atomic E-state index is 14.4. The van der Waals surface area contributed by atoms with E-state index >= 15 is 0 Å². The topological polar surface area (TPSA) is 61.4 Å². The lowest BCUT2D eigenvalue weighted by Crippen LogP contribution is -2.19. The molecule has 32 heavy (non-hydrogen) atoms. The molecule has 0 saturated carbocycles. The number of halogens is 2. The van der Waals surface area contributed by atoms with Crippen molar-refractivity contribution in [1.29, 1.82) is 0 Å². The van der Waals surface area contributed by atoms with E-state index in [2.05, 4.69) is 20.1 Å². The van der Waals surface area contributed by atoms with E-state index in [-0.39, 0.29) is 5.92 Å². The molecule has 5 rings (SSSR count). The van der Waals surface area contributed by atoms with Crippen molar-refractivity contribution in [3.63, 3.8) is 0 Å². The molecule has 1 aliphatic rings. The quantitative estimate of drug-likeness (QED) is 0.463. The van der Waals surface area contributed by atoms with Gasteiger partial charge in [-0.05, 0) is 57.0 Å². The fraction of sp³-hybridized carbons (Fsp3) is 0.250. The van der Waals surface area contributed by atoms with Gasteiger partial charge in [0.1, 0.15) is 5.82 Å². The van der Waals surface area contributed by atoms with Crippen molar-refractivity contribution < 1.29 is 8.78 Å². The van der Waals surface area contributed by atoms with Crippen LogP contribution in [0, 0.1) is 25.5 Å². The molecule has 0 N–H and O–H groups in total. The normalized spacial score (nSPS) is 15.9. The van der Waals surface area contributed by atoms with Crippen LogP contribution in [0.1, 0.15) is 53.1 Å². The van der Waals surface area contributed by atoms with Crippen LogP contribution in [0.25, 0.3) is 17.8 Å². The minimum absolute atomic E-state index is 0.313. The van der Waals surface area contributed by atoms with E-state index < -0.39 is 11.6 Å². The monoisotopic (exact) mass is 432 g/mol. The Labute approximate surface area is 184 Å². The van der Waals surface area contributed by atoms with Crippen LogP contribution in [-0.4, -0.2) is 29.3 Å². The Morgan fingerprint density at radius 3 is 2.72 bits per heavy atom. The van der Waals surface area contributed by atoms with Crippen molar-refractivity contribution in [2.45, 2.75) is 39.2 Å². The van der Waals surface area contributed by atoms with E-state index in [9.17, 15) is 8.78 Å². The molecular weight excluding hydrogens is 410 g/mol. The van der Waals surface area contributed by atoms with Gasteiger partial charge in [0.15, 0.2) is 17.5 Å². The standard InChI is InChI=1S/C24H22F2N6/c1-15-13-31(14-27-15)21-10-8-17(28-16(21)2)9-11-22-29-24-19(6-4-12-32(24)30-22)18-5-3-7-20(25)23(18)26/h3,5,7-11,13-14,19H,4,6,12H2,1-2H3/b11-9+/t19-/m0/s1. The molecule has 8 heteroatoms. The second-order valence-corrected chi connectivity index (χ2v) is 7.99. The zero-order valence-corrected chi connectivity index (χ0v) is 17.8. The molecule has 0 amide bonds. The predicted molar refractivity (Wildman–Crippen MR) is 117 cm³/mol. The van der Waals surface area contributed by atoms with Gasteiger partial charge in [-0.25, -0.2) is 23.4 Å². The van der Waals surface area contributed by atoms with E-state index in [1.54, 1.807) is 23.2 Å². The van der Waals surface area contributed by atoms with Crippen LogP contribution >= 0.6 is 0 Å². The van der Waals surface area contributed by atoms with E-state index in [4.69, 9.17) is 0 Å². The van der Waals surface area contributed by atoms with E-state index in [1.807, 2.05) is 42.8 Å². The number of hydrogen-bond donors (Lipinski definition) is 0. The maximum Gasteiger partial charge on any atom is 0.174 e. The van der Waals surface area contributed by atoms with Gasteiger partial charge in [0.05, 0.1) is 29.1 Å². The summed E-state index contributed by atoms with van der Waals surface area (Å²) in [5, 5.41) is 4.55. The third-order valence-electron chi connectivity index (χ3n) is 5.72. The van der Waals surface area contributed by atoms with Crippen LogP contribution in [-0.2, 0) is 6.54 Å². The lowest BCUT2D eigenvalue weighted by molar-refractivity contribution is 0.426. The third kappa shape index (κ3) is 3.72. The van der Waals surface area contributed by atoms with E-state index in [0.29, 0.717) is 30.2 Å². The number of aryl methyl sites for hydroxylation is 3. The van der Waals surface area contributed by atoms with Gasteiger partial charge < -0.3 is 4.57 Å². The van der Waals surface area contributed by atoms with Gasteiger partial charge in [0.2, 0.25) is 0 Å². The molecule has 1 atom stereocenters. The summed E-state index contributed by atoms with van der Waals surface area (Å²) in [5.74, 6) is -0.769. The van der Waals surface area contributed by atoms with Crippen molar-refractivity contribution in [2.24, 2.45) is 0 Å². The molecule has 1 aliphatic heterocycles. The summed E-state index contributed by atoms with van der Waals surface area (Å²) in [6, 6.07) is 8.22. The van der Waals surface area contributed by atoms with Gasteiger partial charge in [0, 0.05) is 24.2 Å². The Hall–Kier alpha value is -3.68. The minimum atomic E-state index is -0.838. The Morgan fingerprint density at radius 2 is 1.94 bits per heavy atom. The molecule has 0 aliphatic carbocycles. The average molecular weight is 432 g/mol. The number of nitrogens with zero attached hydrogens (tertiary/aromatic N) is 6. The third-order valence-corrected chi connectivity index (χ3v) is 5.72. The Kier molecular flexibility index (Phi) is 5.13. The Morgan fingerprint density at radius 1 is 1.06 bits per heavy atom. The van der Waals surface area contributed by atoms with Gasteiger partial charge in [-0.15, -0.1) is 0 Å². The molecule has 1 aromatic carbocycles. The fourth-order valence-electron chi connectivity index (χ4n) is 4.18. The highest BCUT2D eigenvalue weighted by Gasteiger charge is 2.28. The molecule has 0 bridgehead atoms. The lowest BCUT2D eigenvalue weighted by atomic mass is 9.91. The van der Waals surface area contributed by atoms with Crippen molar-refractivity contribution in [3.8, 4) is 5.69 Å². The number of benzene rings is 1. The average Bonchev–Trinajstić information content (AvgIpc) is 3.40. The maximum atomic E-state index is 14.4. The summed E-state index contributed by atoms with van der Waals surface area (Å²) >= 11 is 0. The molecule has 3 aromatic heterocycles. The second-order valence-electron chi connectivity index (χ2n) is 7.99. The first kappa shape index (κ1) is 20.2. The summed E-state index contributed by atoms with van der Waals surface area (Å²) < 4.78 is 31.9. The number of pyridine rings is 1. The van der Waals surface area contributed by atoms with Crippen molar-refractivity contribution in [1.82, 2.24) is 29.3 Å². The molecule has 4 aromatic rings. The summed E-state index contributed by atoms with van der Waals surface area (Å²) in [7, 11) is 0. The zero-order valence-electron chi connectivity index (χ0n) is 17.8. The lowest BCUT2D eigenvalue weighted by Gasteiger charge is -2.22. The highest BCUT2D eigenvalue weighted by Crippen LogP contribution is 2.34. The van der Waals surface area contributed by atoms with Crippen molar-refractivity contribution in [2.75, 3.05) is 0 Å². The van der Waals surface area contributed by atoms with Gasteiger partial charge in [-0.2, -0.15) is 5.10 Å². The van der Waals surface area contributed by atoms with Gasteiger partial charge in [-0.3, -0.25) is 4.98 Å². The van der Waals surface area contributed by atoms with Gasteiger partial charge in [0.25, 0.3) is 0 Å². The van der Waals surface area contributed by atoms with Crippen molar-refractivity contribution in [3.05, 3.63) is 88.8 Å². The molecular formula is C24H22F2N6. The fourth-order valence-corrected chi connectivity index (χ4v) is 4.18. The van der Waals surface area contributed by atoms with Crippen LogP contribution in [0.2, 0.25) is 0 Å². The summed E-state index contributed by atoms with van der Waals surface area (Å²) in [5.41, 5.74) is 3.90. The smallest absolute Gasteiger partial charge is 0.174 e. The molecule has 0 fully saturated rings. The summed E-state index contributed by atoms with van der Waals surface area (Å²) in [6.07, 6.45) is 8.92. The van der Waals surface area contributed by atoms with Gasteiger partial charge in [-0.1, -0.05) is 12.1 Å². The largest absolute Gasteiger partial charge is 0.304 e. The minimum Gasteiger partial charge on any atom is -0.304 e. The second kappa shape index (κ2) is 8.11. The highest BCUT2D eigenvalue weighted by molar-refractivity contribution is 5.65. The first-order valence-electron chi connectivity index (χ1n) is 10.5. The molecule has 0 radical (unpaired) electrons. The summed E-state index contributed by atoms with van der Waals surface area (Å²) in [6.45, 7) is 4.61. The molecule has 162 valence electrons. The van der Waals surface area contributed by atoms with Gasteiger partial charge >= 0.3 is 0 Å². The molecule has 0 unspecified atom stereocenters. The molecule has 0 spiro atoms. The highest BCUT2D eigenvalue weighted by atomic mass is 19.2. The summed E-state index contributed by atoms with van der Waals surface area (Å²) in [4.78, 5) is 13.5. The van der Waals surface area contributed by atoms with E-state index in [1.165, 1.54) is 6.07 Å². The van der Waals surface area contributed by atoms with Crippen LogP contribution in [0.3, 0.4) is 0 Å². The molecule has 6 nitrogen and oxygen atoms in total. The number of fused-ring (bicyclic) bond motifs is 1. The Balaban J connectivity index is 1.41. The van der Waals surface area contributed by atoms with Crippen LogP contribution < -0.4 is 0 Å². The first-order chi connectivity index (χ1) is 15.5. The number of hydrogen-bond acceptors (Lipinski definition) is 4. The number of rotatable bonds is 4. The molecule has 0 saturated heterocycles. The van der Waals surface area contributed by atoms with Crippen LogP contribution in [0.15, 0.2) is 42.9 Å². The molecule has 4 heterocycles. The van der Waals surface area contributed by atoms with E-state index in [0.717, 1.165) is 35.3 Å². The number of imidazole rings is 1. The SMILES string of the molecule is Cc1cn(-c2ccc(/C=C/c3nc4n(n3)CCC[C@H]4c3cccc(F)c3F)nc2C)cn1. The number of aromatic nitrogens is 6.